The Morgan fingerprint density at radius 1 is 0.576 bits per heavy atom. The van der Waals surface area contributed by atoms with E-state index in [0.29, 0.717) is 31.1 Å². The number of aryl methyl sites for hydroxylation is 1. The predicted octanol–water partition coefficient (Wildman–Crippen LogP) is 10.5. The lowest BCUT2D eigenvalue weighted by Gasteiger charge is -2.38. The van der Waals surface area contributed by atoms with Crippen LogP contribution in [0.5, 0.6) is 11.5 Å². The van der Waals surface area contributed by atoms with Crippen LogP contribution in [0.4, 0.5) is 0 Å². The Kier molecular flexibility index (Phi) is 22.1. The van der Waals surface area contributed by atoms with Crippen molar-refractivity contribution in [2.24, 2.45) is 29.1 Å². The lowest BCUT2D eigenvalue weighted by atomic mass is 9.69. The summed E-state index contributed by atoms with van der Waals surface area (Å²) in [5, 5.41) is 0. The van der Waals surface area contributed by atoms with Crippen LogP contribution < -0.4 is 9.47 Å². The van der Waals surface area contributed by atoms with E-state index >= 15 is 0 Å². The predicted molar refractivity (Wildman–Crippen MR) is 253 cm³/mol. The van der Waals surface area contributed by atoms with Crippen LogP contribution in [0.1, 0.15) is 136 Å². The van der Waals surface area contributed by atoms with E-state index in [1.165, 1.54) is 97.8 Å². The number of Topliss-reactive ketones (excluding diaryl/α,β-unsaturated/α-hetero) is 2. The molecular formula is C54H74O12. The molecule has 0 bridgehead atoms. The molecule has 12 nitrogen and oxygen atoms in total. The van der Waals surface area contributed by atoms with Gasteiger partial charge in [-0.1, -0.05) is 90.7 Å². The molecular weight excluding hydrogens is 841 g/mol. The molecule has 0 amide bonds. The van der Waals surface area contributed by atoms with Crippen LogP contribution in [0, 0.1) is 29.1 Å². The molecule has 0 radical (unpaired) electrons. The number of unbranched alkanes of at least 4 members (excludes halogenated alkanes) is 2. The van der Waals surface area contributed by atoms with Gasteiger partial charge in [-0.2, -0.15) is 0 Å². The minimum Gasteiger partial charge on any atom is -0.493 e. The summed E-state index contributed by atoms with van der Waals surface area (Å²) in [5.41, 5.74) is 1.37. The zero-order chi connectivity index (χ0) is 48.1. The van der Waals surface area contributed by atoms with Gasteiger partial charge in [0.05, 0.1) is 13.2 Å². The summed E-state index contributed by atoms with van der Waals surface area (Å²) in [6, 6.07) is 13.6. The second kappa shape index (κ2) is 27.4. The van der Waals surface area contributed by atoms with Crippen molar-refractivity contribution < 1.29 is 57.2 Å². The molecule has 4 rings (SSSR count). The molecule has 0 aliphatic heterocycles. The van der Waals surface area contributed by atoms with Gasteiger partial charge in [0.25, 0.3) is 0 Å². The molecule has 0 N–H and O–H groups in total. The summed E-state index contributed by atoms with van der Waals surface area (Å²) >= 11 is 0. The maximum atomic E-state index is 12.6. The highest BCUT2D eigenvalue weighted by Gasteiger charge is 2.39. The smallest absolute Gasteiger partial charge is 0.374 e. The lowest BCUT2D eigenvalue weighted by molar-refractivity contribution is -0.168. The second-order valence-electron chi connectivity index (χ2n) is 18.6. The zero-order valence-corrected chi connectivity index (χ0v) is 40.2. The molecule has 12 heteroatoms. The zero-order valence-electron chi connectivity index (χ0n) is 40.2. The summed E-state index contributed by atoms with van der Waals surface area (Å²) in [5.74, 6) is -0.602. The number of carbonyl (C=O) groups is 6. The molecule has 2 aliphatic rings. The number of ketones is 2. The fourth-order valence-electron chi connectivity index (χ4n) is 8.77. The summed E-state index contributed by atoms with van der Waals surface area (Å²) in [6.07, 6.45) is 16.8. The fourth-order valence-corrected chi connectivity index (χ4v) is 8.77. The van der Waals surface area contributed by atoms with E-state index in [1.54, 1.807) is 13.0 Å². The average Bonchev–Trinajstić information content (AvgIpc) is 3.33. The van der Waals surface area contributed by atoms with Crippen molar-refractivity contribution >= 4 is 35.4 Å². The van der Waals surface area contributed by atoms with Crippen LogP contribution in [0.25, 0.3) is 11.1 Å². The monoisotopic (exact) mass is 915 g/mol. The Morgan fingerprint density at radius 3 is 1.62 bits per heavy atom. The third-order valence-corrected chi connectivity index (χ3v) is 13.1. The van der Waals surface area contributed by atoms with Crippen LogP contribution in [-0.2, 0) is 54.1 Å². The highest BCUT2D eigenvalue weighted by Crippen LogP contribution is 2.42. The minimum atomic E-state index is -1.56. The molecule has 0 atom stereocenters. The number of benzene rings is 2. The van der Waals surface area contributed by atoms with Gasteiger partial charge in [0.2, 0.25) is 11.6 Å². The summed E-state index contributed by atoms with van der Waals surface area (Å²) in [6.45, 7) is 14.5. The van der Waals surface area contributed by atoms with Crippen LogP contribution >= 0.6 is 0 Å². The van der Waals surface area contributed by atoms with Crippen molar-refractivity contribution in [3.8, 4) is 22.6 Å². The van der Waals surface area contributed by atoms with Crippen molar-refractivity contribution in [1.82, 2.24) is 0 Å². The van der Waals surface area contributed by atoms with Gasteiger partial charge < -0.3 is 28.4 Å². The number of hydrogen-bond donors (Lipinski definition) is 0. The summed E-state index contributed by atoms with van der Waals surface area (Å²) < 4.78 is 34.3. The second-order valence-corrected chi connectivity index (χ2v) is 18.6. The molecule has 0 spiro atoms. The molecule has 2 aromatic rings. The number of ether oxygens (including phenoxy) is 6. The van der Waals surface area contributed by atoms with Gasteiger partial charge in [-0.05, 0) is 130 Å². The first-order chi connectivity index (χ1) is 31.7. The highest BCUT2D eigenvalue weighted by molar-refractivity contribution is 6.33. The van der Waals surface area contributed by atoms with Crippen molar-refractivity contribution in [3.05, 3.63) is 72.3 Å². The van der Waals surface area contributed by atoms with Gasteiger partial charge in [-0.3, -0.25) is 9.59 Å². The Labute approximate surface area is 392 Å². The van der Waals surface area contributed by atoms with Crippen molar-refractivity contribution in [3.63, 3.8) is 0 Å². The number of esters is 4. The molecule has 0 aromatic heterocycles. The molecule has 2 saturated carbocycles. The number of rotatable bonds is 28. The molecule has 0 unspecified atom stereocenters. The molecule has 362 valence electrons. The largest absolute Gasteiger partial charge is 0.493 e. The SMILES string of the molecule is C=C(C)C(=O)OCCCc1cc(-c2ccc(OCC3CCC(C4CCC(CCCCC)CC4)CC3)cc2)ccc1OCC(COC(=O)C(=C)C)(COC(=O)C(=O)CC)COC(=O)C(=O)CC. The standard InChI is InChI=1S/C54H74O12/c1-8-11-12-14-39-16-20-41(21-17-39)42-22-18-40(19-23-42)32-62-46-27-24-43(25-28-46)44-26-29-49(45(31-44)15-13-30-61-50(57)37(4)5)63-33-54(34-64-51(58)38(6)7,35-65-52(59)47(55)9-2)36-66-53(60)48(56)10-3/h24-29,31,39-42H,4,6,8-23,30,32-36H2,1-3,5,7H3. The molecule has 0 heterocycles. The third-order valence-electron chi connectivity index (χ3n) is 13.1. The van der Waals surface area contributed by atoms with Gasteiger partial charge in [-0.15, -0.1) is 0 Å². The van der Waals surface area contributed by atoms with E-state index in [2.05, 4.69) is 20.1 Å². The van der Waals surface area contributed by atoms with Gasteiger partial charge in [0.15, 0.2) is 0 Å². The summed E-state index contributed by atoms with van der Waals surface area (Å²) in [7, 11) is 0. The molecule has 66 heavy (non-hydrogen) atoms. The maximum Gasteiger partial charge on any atom is 0.374 e. The normalized spacial score (nSPS) is 18.3. The Bertz CT molecular complexity index is 1920. The van der Waals surface area contributed by atoms with Crippen molar-refractivity contribution in [2.75, 3.05) is 39.6 Å². The average molecular weight is 915 g/mol. The van der Waals surface area contributed by atoms with E-state index in [0.717, 1.165) is 40.2 Å². The first kappa shape index (κ1) is 53.4. The van der Waals surface area contributed by atoms with Crippen molar-refractivity contribution in [1.29, 1.82) is 0 Å². The molecule has 2 aromatic carbocycles. The van der Waals surface area contributed by atoms with E-state index in [4.69, 9.17) is 28.4 Å². The van der Waals surface area contributed by atoms with Gasteiger partial charge in [0.1, 0.15) is 43.3 Å². The number of carbonyl (C=O) groups excluding carboxylic acids is 6. The van der Waals surface area contributed by atoms with E-state index in [1.807, 2.05) is 36.4 Å². The summed E-state index contributed by atoms with van der Waals surface area (Å²) in [4.78, 5) is 74.3. The van der Waals surface area contributed by atoms with Crippen LogP contribution in [-0.4, -0.2) is 75.1 Å². The lowest BCUT2D eigenvalue weighted by Crippen LogP contribution is -2.45. The molecule has 2 aliphatic carbocycles. The fraction of sp³-hybridized carbons (Fsp3) is 0.593. The first-order valence-electron chi connectivity index (χ1n) is 24.2. The Morgan fingerprint density at radius 2 is 1.09 bits per heavy atom. The maximum absolute atomic E-state index is 12.6. The van der Waals surface area contributed by atoms with E-state index in [9.17, 15) is 28.8 Å². The van der Waals surface area contributed by atoms with E-state index in [-0.39, 0.29) is 37.2 Å². The van der Waals surface area contributed by atoms with Gasteiger partial charge in [0, 0.05) is 24.0 Å². The molecule has 0 saturated heterocycles. The Hall–Kier alpha value is -5.26. The topological polar surface area (TPSA) is 158 Å². The van der Waals surface area contributed by atoms with Gasteiger partial charge in [-0.25, -0.2) is 19.2 Å². The van der Waals surface area contributed by atoms with Crippen LogP contribution in [0.2, 0.25) is 0 Å². The first-order valence-corrected chi connectivity index (χ1v) is 24.2. The van der Waals surface area contributed by atoms with Gasteiger partial charge >= 0.3 is 23.9 Å². The van der Waals surface area contributed by atoms with Crippen molar-refractivity contribution in [2.45, 2.75) is 137 Å². The van der Waals surface area contributed by atoms with Crippen LogP contribution in [0.15, 0.2) is 66.8 Å². The minimum absolute atomic E-state index is 0.0868. The number of hydrogen-bond acceptors (Lipinski definition) is 12. The quantitative estimate of drug-likeness (QED) is 0.0262. The molecule has 2 fully saturated rings. The Balaban J connectivity index is 1.47. The third kappa shape index (κ3) is 17.2. The highest BCUT2D eigenvalue weighted by atomic mass is 16.6. The van der Waals surface area contributed by atoms with E-state index < -0.39 is 60.7 Å². The van der Waals surface area contributed by atoms with Crippen LogP contribution in [0.3, 0.4) is 0 Å².